The molecule has 3 heteroatoms. The molecule has 0 bridgehead atoms. The minimum Gasteiger partial charge on any atom is -0.484 e. The first kappa shape index (κ1) is 21.0. The smallest absolute Gasteiger partial charge is 0.137 e. The molecule has 184 valence electrons. The van der Waals surface area contributed by atoms with Crippen LogP contribution in [-0.2, 0) is 0 Å². The maximum absolute atomic E-state index is 6.49. The van der Waals surface area contributed by atoms with Crippen molar-refractivity contribution < 1.29 is 9.15 Å². The lowest BCUT2D eigenvalue weighted by Crippen LogP contribution is -2.21. The van der Waals surface area contributed by atoms with Gasteiger partial charge in [-0.25, -0.2) is 0 Å². The number of fused-ring (bicyclic) bond motifs is 9. The first-order valence-electron chi connectivity index (χ1n) is 13.4. The van der Waals surface area contributed by atoms with Gasteiger partial charge in [0.25, 0.3) is 0 Å². The summed E-state index contributed by atoms with van der Waals surface area (Å²) < 4.78 is 15.3. The van der Waals surface area contributed by atoms with Crippen LogP contribution < -0.4 is 4.74 Å². The summed E-state index contributed by atoms with van der Waals surface area (Å²) in [7, 11) is 0. The molecule has 0 saturated carbocycles. The molecular formula is C36H23NO2. The summed E-state index contributed by atoms with van der Waals surface area (Å²) in [5, 5.41) is 4.74. The molecule has 9 rings (SSSR count). The second-order valence-corrected chi connectivity index (χ2v) is 10.4. The largest absolute Gasteiger partial charge is 0.484 e. The zero-order valence-corrected chi connectivity index (χ0v) is 21.0. The molecule has 1 aliphatic heterocycles. The Morgan fingerprint density at radius 1 is 0.641 bits per heavy atom. The van der Waals surface area contributed by atoms with Gasteiger partial charge in [-0.1, -0.05) is 85.0 Å². The summed E-state index contributed by atoms with van der Waals surface area (Å²) in [6, 6.07) is 38.6. The fourth-order valence-corrected chi connectivity index (χ4v) is 6.69. The van der Waals surface area contributed by atoms with Crippen LogP contribution >= 0.6 is 0 Å². The van der Waals surface area contributed by atoms with Crippen molar-refractivity contribution in [2.45, 2.75) is 12.0 Å². The molecule has 0 amide bonds. The van der Waals surface area contributed by atoms with E-state index in [-0.39, 0.29) is 12.0 Å². The number of rotatable bonds is 2. The molecule has 3 nitrogen and oxygen atoms in total. The Kier molecular flexibility index (Phi) is 4.17. The van der Waals surface area contributed by atoms with Crippen LogP contribution in [0.2, 0.25) is 0 Å². The minimum absolute atomic E-state index is 0.0279. The fourth-order valence-electron chi connectivity index (χ4n) is 6.69. The predicted molar refractivity (Wildman–Crippen MR) is 159 cm³/mol. The Morgan fingerprint density at radius 2 is 1.41 bits per heavy atom. The zero-order valence-electron chi connectivity index (χ0n) is 21.0. The van der Waals surface area contributed by atoms with E-state index in [9.17, 15) is 0 Å². The summed E-state index contributed by atoms with van der Waals surface area (Å²) >= 11 is 0. The molecule has 0 fully saturated rings. The summed E-state index contributed by atoms with van der Waals surface area (Å²) in [5.41, 5.74) is 8.91. The third kappa shape index (κ3) is 2.87. The first-order chi connectivity index (χ1) is 19.3. The Balaban J connectivity index is 1.28. The Hall–Kier alpha value is -5.02. The van der Waals surface area contributed by atoms with E-state index in [1.165, 1.54) is 32.9 Å². The third-order valence-electron chi connectivity index (χ3n) is 8.39. The number of ether oxygens (including phenoxy) is 1. The Morgan fingerprint density at radius 3 is 2.26 bits per heavy atom. The highest BCUT2D eigenvalue weighted by atomic mass is 16.5. The van der Waals surface area contributed by atoms with Gasteiger partial charge >= 0.3 is 0 Å². The molecule has 3 heterocycles. The second kappa shape index (κ2) is 7.75. The highest BCUT2D eigenvalue weighted by Gasteiger charge is 2.36. The van der Waals surface area contributed by atoms with E-state index in [1.807, 2.05) is 6.07 Å². The maximum Gasteiger partial charge on any atom is 0.137 e. The van der Waals surface area contributed by atoms with Gasteiger partial charge in [0.2, 0.25) is 0 Å². The van der Waals surface area contributed by atoms with Crippen LogP contribution in [0.25, 0.3) is 55.0 Å². The van der Waals surface area contributed by atoms with E-state index in [4.69, 9.17) is 9.15 Å². The maximum atomic E-state index is 6.49. The van der Waals surface area contributed by atoms with E-state index in [2.05, 4.69) is 126 Å². The van der Waals surface area contributed by atoms with E-state index < -0.39 is 0 Å². The van der Waals surface area contributed by atoms with Crippen LogP contribution in [-0.4, -0.2) is 10.7 Å². The molecule has 39 heavy (non-hydrogen) atoms. The van der Waals surface area contributed by atoms with E-state index >= 15 is 0 Å². The molecule has 2 aromatic heterocycles. The van der Waals surface area contributed by atoms with Crippen LogP contribution in [0.1, 0.15) is 17.0 Å². The summed E-state index contributed by atoms with van der Waals surface area (Å²) in [4.78, 5) is 0. The lowest BCUT2D eigenvalue weighted by atomic mass is 9.84. The topological polar surface area (TPSA) is 27.3 Å². The van der Waals surface area contributed by atoms with Crippen molar-refractivity contribution in [3.8, 4) is 11.4 Å². The second-order valence-electron chi connectivity index (χ2n) is 10.4. The molecule has 2 unspecified atom stereocenters. The van der Waals surface area contributed by atoms with Gasteiger partial charge in [-0.3, -0.25) is 0 Å². The number of para-hydroxylation sites is 3. The van der Waals surface area contributed by atoms with Crippen molar-refractivity contribution in [2.24, 2.45) is 0 Å². The van der Waals surface area contributed by atoms with Gasteiger partial charge in [0.1, 0.15) is 23.0 Å². The van der Waals surface area contributed by atoms with Gasteiger partial charge in [-0.05, 0) is 48.0 Å². The molecule has 7 aromatic rings. The number of hydrogen-bond acceptors (Lipinski definition) is 2. The van der Waals surface area contributed by atoms with Crippen LogP contribution in [0.5, 0.6) is 5.75 Å². The lowest BCUT2D eigenvalue weighted by Gasteiger charge is -2.23. The minimum atomic E-state index is -0.0279. The van der Waals surface area contributed by atoms with Crippen molar-refractivity contribution in [2.75, 3.05) is 0 Å². The molecule has 5 aromatic carbocycles. The summed E-state index contributed by atoms with van der Waals surface area (Å²) in [6.07, 6.45) is 6.60. The molecule has 1 aliphatic carbocycles. The average Bonchev–Trinajstić information content (AvgIpc) is 3.66. The SMILES string of the molecule is C1=CC2c3ccccc3OC2C(c2ccc3oc4cccc(-n5c6ccccc6c6ccccc65)c4c3c2)=C1. The Labute approximate surface area is 224 Å². The van der Waals surface area contributed by atoms with Crippen LogP contribution in [0.3, 0.4) is 0 Å². The van der Waals surface area contributed by atoms with Gasteiger partial charge < -0.3 is 13.7 Å². The summed E-state index contributed by atoms with van der Waals surface area (Å²) in [5.74, 6) is 1.21. The van der Waals surface area contributed by atoms with E-state index in [0.717, 1.165) is 38.9 Å². The molecule has 0 radical (unpaired) electrons. The van der Waals surface area contributed by atoms with E-state index in [0.29, 0.717) is 0 Å². The molecular weight excluding hydrogens is 478 g/mol. The number of allylic oxidation sites excluding steroid dienone is 2. The molecule has 2 atom stereocenters. The number of aromatic nitrogens is 1. The number of furan rings is 1. The highest BCUT2D eigenvalue weighted by Crippen LogP contribution is 2.47. The van der Waals surface area contributed by atoms with Crippen molar-refractivity contribution in [1.29, 1.82) is 0 Å². The monoisotopic (exact) mass is 501 g/mol. The highest BCUT2D eigenvalue weighted by molar-refractivity contribution is 6.14. The molecule has 0 saturated heterocycles. The quantitative estimate of drug-likeness (QED) is 0.236. The molecule has 0 spiro atoms. The van der Waals surface area contributed by atoms with Crippen molar-refractivity contribution in [3.63, 3.8) is 0 Å². The van der Waals surface area contributed by atoms with Gasteiger partial charge in [-0.15, -0.1) is 0 Å². The first-order valence-corrected chi connectivity index (χ1v) is 13.4. The third-order valence-corrected chi connectivity index (χ3v) is 8.39. The van der Waals surface area contributed by atoms with Crippen molar-refractivity contribution >= 4 is 49.3 Å². The normalized spacial score (nSPS) is 18.0. The van der Waals surface area contributed by atoms with Crippen LogP contribution in [0, 0.1) is 0 Å². The fraction of sp³-hybridized carbons (Fsp3) is 0.0556. The average molecular weight is 502 g/mol. The summed E-state index contributed by atoms with van der Waals surface area (Å²) in [6.45, 7) is 0. The number of benzene rings is 5. The standard InChI is InChI=1S/C36H23NO2/c1-4-14-29-24(9-1)25-10-2-5-15-30(25)37(29)31-16-8-18-34-35(31)28-21-22(19-20-33(28)38-34)23-12-7-13-27-26-11-3-6-17-32(26)39-36(23)27/h1-21,27,36H. The number of nitrogens with zero attached hydrogens (tertiary/aromatic N) is 1. The van der Waals surface area contributed by atoms with Crippen LogP contribution in [0.15, 0.2) is 132 Å². The van der Waals surface area contributed by atoms with Crippen molar-refractivity contribution in [3.05, 3.63) is 139 Å². The zero-order chi connectivity index (χ0) is 25.5. The lowest BCUT2D eigenvalue weighted by molar-refractivity contribution is 0.278. The van der Waals surface area contributed by atoms with E-state index in [1.54, 1.807) is 0 Å². The predicted octanol–water partition coefficient (Wildman–Crippen LogP) is 9.18. The van der Waals surface area contributed by atoms with Crippen molar-refractivity contribution in [1.82, 2.24) is 4.57 Å². The van der Waals surface area contributed by atoms with Crippen LogP contribution in [0.4, 0.5) is 0 Å². The van der Waals surface area contributed by atoms with Gasteiger partial charge in [0, 0.05) is 33.2 Å². The number of hydrogen-bond donors (Lipinski definition) is 0. The molecule has 0 N–H and O–H groups in total. The van der Waals surface area contributed by atoms with Gasteiger partial charge in [0.15, 0.2) is 0 Å². The molecule has 2 aliphatic rings. The van der Waals surface area contributed by atoms with Gasteiger partial charge in [0.05, 0.1) is 22.1 Å². The van der Waals surface area contributed by atoms with Gasteiger partial charge in [-0.2, -0.15) is 0 Å². The Bertz CT molecular complexity index is 2120.